The molecule has 0 saturated heterocycles. The van der Waals surface area contributed by atoms with Crippen LogP contribution < -0.4 is 10.2 Å². The van der Waals surface area contributed by atoms with Crippen LogP contribution in [0.5, 0.6) is 0 Å². The fourth-order valence-electron chi connectivity index (χ4n) is 1.74. The highest BCUT2D eigenvalue weighted by Crippen LogP contribution is 2.29. The lowest BCUT2D eigenvalue weighted by atomic mass is 10.4. The maximum atomic E-state index is 4.57. The zero-order chi connectivity index (χ0) is 11.5. The van der Waals surface area contributed by atoms with E-state index in [0.29, 0.717) is 6.04 Å². The molecule has 0 unspecified atom stereocenters. The molecule has 0 amide bonds. The topological polar surface area (TPSA) is 41.0 Å². The van der Waals surface area contributed by atoms with Crippen molar-refractivity contribution < 1.29 is 0 Å². The molecule has 1 saturated carbocycles. The van der Waals surface area contributed by atoms with E-state index in [-0.39, 0.29) is 0 Å². The van der Waals surface area contributed by atoms with Crippen molar-refractivity contribution in [2.75, 3.05) is 23.8 Å². The third-order valence-corrected chi connectivity index (χ3v) is 2.89. The van der Waals surface area contributed by atoms with Gasteiger partial charge in [0.1, 0.15) is 17.5 Å². The molecule has 1 aromatic heterocycles. The van der Waals surface area contributed by atoms with Crippen LogP contribution in [0.3, 0.4) is 0 Å². The molecule has 1 aliphatic rings. The molecule has 0 aromatic carbocycles. The Labute approximate surface area is 97.1 Å². The number of hydrogen-bond acceptors (Lipinski definition) is 4. The summed E-state index contributed by atoms with van der Waals surface area (Å²) < 4.78 is 0. The Morgan fingerprint density at radius 3 is 2.69 bits per heavy atom. The van der Waals surface area contributed by atoms with E-state index in [1.54, 1.807) is 0 Å². The average molecular weight is 220 g/mol. The van der Waals surface area contributed by atoms with Crippen LogP contribution in [0, 0.1) is 0 Å². The summed E-state index contributed by atoms with van der Waals surface area (Å²) in [5.74, 6) is 2.91. The molecule has 1 aromatic rings. The Morgan fingerprint density at radius 2 is 2.12 bits per heavy atom. The molecule has 1 N–H and O–H groups in total. The zero-order valence-electron chi connectivity index (χ0n) is 10.3. The van der Waals surface area contributed by atoms with Crippen LogP contribution in [0.4, 0.5) is 11.6 Å². The molecule has 0 radical (unpaired) electrons. The van der Waals surface area contributed by atoms with Crippen molar-refractivity contribution in [3.63, 3.8) is 0 Å². The van der Waals surface area contributed by atoms with Gasteiger partial charge in [-0.2, -0.15) is 0 Å². The molecular weight excluding hydrogens is 200 g/mol. The van der Waals surface area contributed by atoms with Crippen LogP contribution in [0.1, 0.15) is 32.5 Å². The van der Waals surface area contributed by atoms with Crippen LogP contribution in [0.15, 0.2) is 6.07 Å². The van der Waals surface area contributed by atoms with Crippen molar-refractivity contribution in [3.05, 3.63) is 11.9 Å². The van der Waals surface area contributed by atoms with Crippen LogP contribution in [-0.4, -0.2) is 29.6 Å². The van der Waals surface area contributed by atoms with Gasteiger partial charge >= 0.3 is 0 Å². The van der Waals surface area contributed by atoms with E-state index in [0.717, 1.165) is 30.4 Å². The standard InChI is InChI=1S/C12H20N4/c1-4-10-14-11(13-5-2)8-12(15-10)16(3)9-6-7-9/h8-9H,4-7H2,1-3H3,(H,13,14,15). The summed E-state index contributed by atoms with van der Waals surface area (Å²) in [5.41, 5.74) is 0. The monoisotopic (exact) mass is 220 g/mol. The van der Waals surface area contributed by atoms with Gasteiger partial charge in [0, 0.05) is 32.1 Å². The van der Waals surface area contributed by atoms with Crippen molar-refractivity contribution in [3.8, 4) is 0 Å². The molecule has 0 aliphatic heterocycles. The quantitative estimate of drug-likeness (QED) is 0.824. The highest BCUT2D eigenvalue weighted by atomic mass is 15.2. The van der Waals surface area contributed by atoms with Crippen LogP contribution in [-0.2, 0) is 6.42 Å². The second-order valence-electron chi connectivity index (χ2n) is 4.25. The lowest BCUT2D eigenvalue weighted by molar-refractivity contribution is 0.854. The summed E-state index contributed by atoms with van der Waals surface area (Å²) >= 11 is 0. The third-order valence-electron chi connectivity index (χ3n) is 2.89. The lowest BCUT2D eigenvalue weighted by Gasteiger charge is -2.18. The minimum atomic E-state index is 0.689. The zero-order valence-corrected chi connectivity index (χ0v) is 10.3. The molecule has 4 heteroatoms. The third kappa shape index (κ3) is 2.43. The van der Waals surface area contributed by atoms with Gasteiger partial charge < -0.3 is 10.2 Å². The van der Waals surface area contributed by atoms with Crippen molar-refractivity contribution in [2.24, 2.45) is 0 Å². The molecule has 0 bridgehead atoms. The van der Waals surface area contributed by atoms with Gasteiger partial charge in [-0.25, -0.2) is 9.97 Å². The van der Waals surface area contributed by atoms with Gasteiger partial charge in [0.05, 0.1) is 0 Å². The Hall–Kier alpha value is -1.32. The van der Waals surface area contributed by atoms with Crippen molar-refractivity contribution in [1.29, 1.82) is 0 Å². The molecule has 0 spiro atoms. The number of nitrogens with one attached hydrogen (secondary N) is 1. The van der Waals surface area contributed by atoms with Crippen molar-refractivity contribution >= 4 is 11.6 Å². The van der Waals surface area contributed by atoms with E-state index in [4.69, 9.17) is 0 Å². The second kappa shape index (κ2) is 4.68. The second-order valence-corrected chi connectivity index (χ2v) is 4.25. The Morgan fingerprint density at radius 1 is 1.38 bits per heavy atom. The van der Waals surface area contributed by atoms with Gasteiger partial charge in [0.15, 0.2) is 0 Å². The molecule has 0 atom stereocenters. The number of aromatic nitrogens is 2. The first-order valence-corrected chi connectivity index (χ1v) is 6.09. The summed E-state index contributed by atoms with van der Waals surface area (Å²) in [7, 11) is 2.12. The predicted molar refractivity (Wildman–Crippen MR) is 67.0 cm³/mol. The molecule has 1 fully saturated rings. The Balaban J connectivity index is 2.24. The molecule has 1 heterocycles. The van der Waals surface area contributed by atoms with Gasteiger partial charge in [-0.15, -0.1) is 0 Å². The minimum Gasteiger partial charge on any atom is -0.370 e. The molecule has 88 valence electrons. The van der Waals surface area contributed by atoms with E-state index in [1.165, 1.54) is 12.8 Å². The molecular formula is C12H20N4. The van der Waals surface area contributed by atoms with Gasteiger partial charge in [-0.1, -0.05) is 6.92 Å². The first-order chi connectivity index (χ1) is 7.74. The number of rotatable bonds is 5. The van der Waals surface area contributed by atoms with Gasteiger partial charge in [0.25, 0.3) is 0 Å². The minimum absolute atomic E-state index is 0.689. The molecule has 1 aliphatic carbocycles. The molecule has 16 heavy (non-hydrogen) atoms. The first kappa shape index (κ1) is 11.2. The number of hydrogen-bond donors (Lipinski definition) is 1. The van der Waals surface area contributed by atoms with Crippen molar-refractivity contribution in [2.45, 2.75) is 39.2 Å². The highest BCUT2D eigenvalue weighted by Gasteiger charge is 2.27. The van der Waals surface area contributed by atoms with Gasteiger partial charge in [0.2, 0.25) is 0 Å². The summed E-state index contributed by atoms with van der Waals surface area (Å²) in [5, 5.41) is 3.26. The smallest absolute Gasteiger partial charge is 0.134 e. The van der Waals surface area contributed by atoms with E-state index < -0.39 is 0 Å². The van der Waals surface area contributed by atoms with Gasteiger partial charge in [-0.05, 0) is 19.8 Å². The Kier molecular flexibility index (Phi) is 3.27. The summed E-state index contributed by atoms with van der Waals surface area (Å²) in [6.45, 7) is 5.07. The fourth-order valence-corrected chi connectivity index (χ4v) is 1.74. The normalized spacial score (nSPS) is 14.9. The van der Waals surface area contributed by atoms with Crippen LogP contribution >= 0.6 is 0 Å². The maximum Gasteiger partial charge on any atom is 0.134 e. The van der Waals surface area contributed by atoms with Crippen LogP contribution in [0.25, 0.3) is 0 Å². The summed E-state index contributed by atoms with van der Waals surface area (Å²) in [6, 6.07) is 2.73. The SMILES string of the molecule is CCNc1cc(N(C)C2CC2)nc(CC)n1. The number of aryl methyl sites for hydroxylation is 1. The fraction of sp³-hybridized carbons (Fsp3) is 0.667. The summed E-state index contributed by atoms with van der Waals surface area (Å²) in [6.07, 6.45) is 3.46. The predicted octanol–water partition coefficient (Wildman–Crippen LogP) is 2.07. The summed E-state index contributed by atoms with van der Waals surface area (Å²) in [4.78, 5) is 11.3. The number of anilines is 2. The highest BCUT2D eigenvalue weighted by molar-refractivity contribution is 5.50. The average Bonchev–Trinajstić information content (AvgIpc) is 3.12. The van der Waals surface area contributed by atoms with E-state index >= 15 is 0 Å². The first-order valence-electron chi connectivity index (χ1n) is 6.09. The molecule has 2 rings (SSSR count). The Bertz CT molecular complexity index is 360. The van der Waals surface area contributed by atoms with E-state index in [2.05, 4.69) is 41.1 Å². The molecule has 4 nitrogen and oxygen atoms in total. The number of nitrogens with zero attached hydrogens (tertiary/aromatic N) is 3. The van der Waals surface area contributed by atoms with Crippen LogP contribution in [0.2, 0.25) is 0 Å². The lowest BCUT2D eigenvalue weighted by Crippen LogP contribution is -2.21. The van der Waals surface area contributed by atoms with E-state index in [9.17, 15) is 0 Å². The maximum absolute atomic E-state index is 4.57. The van der Waals surface area contributed by atoms with Gasteiger partial charge in [-0.3, -0.25) is 0 Å². The van der Waals surface area contributed by atoms with Crippen molar-refractivity contribution in [1.82, 2.24) is 9.97 Å². The van der Waals surface area contributed by atoms with E-state index in [1.807, 2.05) is 6.07 Å². The largest absolute Gasteiger partial charge is 0.370 e.